The Bertz CT molecular complexity index is 842. The van der Waals surface area contributed by atoms with Crippen LogP contribution in [-0.2, 0) is 23.6 Å². The summed E-state index contributed by atoms with van der Waals surface area (Å²) in [4.78, 5) is 13.4. The van der Waals surface area contributed by atoms with Crippen molar-refractivity contribution < 1.29 is 4.79 Å². The lowest BCUT2D eigenvalue weighted by molar-refractivity contribution is -0.118. The molecule has 0 saturated heterocycles. The fourth-order valence-electron chi connectivity index (χ4n) is 2.78. The van der Waals surface area contributed by atoms with Crippen LogP contribution in [0.2, 0.25) is 0 Å². The molecule has 3 aromatic rings. The zero-order valence-electron chi connectivity index (χ0n) is 15.1. The number of benzene rings is 1. The smallest absolute Gasteiger partial charge is 0.230 e. The van der Waals surface area contributed by atoms with Crippen LogP contribution in [0.4, 0.5) is 0 Å². The lowest BCUT2D eigenvalue weighted by atomic mass is 10.2. The van der Waals surface area contributed by atoms with E-state index in [4.69, 9.17) is 0 Å². The summed E-state index contributed by atoms with van der Waals surface area (Å²) in [7, 11) is 0. The van der Waals surface area contributed by atoms with Gasteiger partial charge in [-0.1, -0.05) is 36.4 Å². The Morgan fingerprint density at radius 2 is 2.00 bits per heavy atom. The molecule has 6 heteroatoms. The van der Waals surface area contributed by atoms with Crippen molar-refractivity contribution in [3.05, 3.63) is 75.2 Å². The molecular formula is C20H23N3OS2. The van der Waals surface area contributed by atoms with Gasteiger partial charge in [0.05, 0.1) is 18.0 Å². The summed E-state index contributed by atoms with van der Waals surface area (Å²) in [6.07, 6.45) is 0. The fourth-order valence-corrected chi connectivity index (χ4v) is 4.48. The molecule has 0 spiro atoms. The van der Waals surface area contributed by atoms with Crippen molar-refractivity contribution in [1.82, 2.24) is 15.1 Å². The minimum absolute atomic E-state index is 0.0705. The van der Waals surface area contributed by atoms with Crippen molar-refractivity contribution in [3.63, 3.8) is 0 Å². The van der Waals surface area contributed by atoms with Gasteiger partial charge in [0.15, 0.2) is 0 Å². The molecule has 4 nitrogen and oxygen atoms in total. The summed E-state index contributed by atoms with van der Waals surface area (Å²) in [6, 6.07) is 14.4. The number of nitrogens with one attached hydrogen (secondary N) is 1. The predicted molar refractivity (Wildman–Crippen MR) is 110 cm³/mol. The molecule has 2 heterocycles. The topological polar surface area (TPSA) is 46.9 Å². The van der Waals surface area contributed by atoms with Crippen LogP contribution in [0.1, 0.15) is 27.4 Å². The zero-order valence-corrected chi connectivity index (χ0v) is 16.7. The first kappa shape index (κ1) is 18.7. The van der Waals surface area contributed by atoms with E-state index in [1.54, 1.807) is 23.1 Å². The molecule has 0 fully saturated rings. The van der Waals surface area contributed by atoms with Gasteiger partial charge in [0.2, 0.25) is 5.91 Å². The molecule has 136 valence electrons. The van der Waals surface area contributed by atoms with Gasteiger partial charge in [0, 0.05) is 28.4 Å². The van der Waals surface area contributed by atoms with Gasteiger partial charge in [0.25, 0.3) is 0 Å². The van der Waals surface area contributed by atoms with E-state index in [1.165, 1.54) is 10.4 Å². The Balaban J connectivity index is 1.52. The molecule has 0 aliphatic heterocycles. The molecule has 0 saturated carbocycles. The highest BCUT2D eigenvalue weighted by molar-refractivity contribution is 7.99. The van der Waals surface area contributed by atoms with Gasteiger partial charge in [-0.15, -0.1) is 23.1 Å². The Hall–Kier alpha value is -2.05. The van der Waals surface area contributed by atoms with Crippen molar-refractivity contribution in [2.45, 2.75) is 32.7 Å². The minimum atomic E-state index is 0.0705. The Morgan fingerprint density at radius 1 is 1.19 bits per heavy atom. The normalized spacial score (nSPS) is 10.8. The fraction of sp³-hybridized carbons (Fsp3) is 0.300. The van der Waals surface area contributed by atoms with Crippen LogP contribution in [0.15, 0.2) is 47.8 Å². The van der Waals surface area contributed by atoms with Crippen molar-refractivity contribution in [1.29, 1.82) is 0 Å². The molecule has 0 aliphatic rings. The van der Waals surface area contributed by atoms with E-state index in [2.05, 4.69) is 40.9 Å². The summed E-state index contributed by atoms with van der Waals surface area (Å²) >= 11 is 3.38. The second-order valence-electron chi connectivity index (χ2n) is 6.14. The highest BCUT2D eigenvalue weighted by atomic mass is 32.2. The number of nitrogens with zero attached hydrogens (tertiary/aromatic N) is 2. The summed E-state index contributed by atoms with van der Waals surface area (Å²) < 4.78 is 2.01. The van der Waals surface area contributed by atoms with E-state index in [0.29, 0.717) is 12.3 Å². The summed E-state index contributed by atoms with van der Waals surface area (Å²) in [5.41, 5.74) is 4.42. The second-order valence-corrected chi connectivity index (χ2v) is 8.16. The third kappa shape index (κ3) is 4.99. The number of thiophene rings is 1. The number of aromatic nitrogens is 2. The number of amides is 1. The third-order valence-corrected chi connectivity index (χ3v) is 6.27. The molecule has 2 aromatic heterocycles. The number of carbonyl (C=O) groups excluding carboxylic acids is 1. The zero-order chi connectivity index (χ0) is 18.4. The maximum Gasteiger partial charge on any atom is 0.230 e. The highest BCUT2D eigenvalue weighted by Gasteiger charge is 2.13. The maximum atomic E-state index is 12.1. The molecule has 1 aromatic carbocycles. The largest absolute Gasteiger partial charge is 0.351 e. The Kier molecular flexibility index (Phi) is 6.52. The molecule has 0 unspecified atom stereocenters. The third-order valence-electron chi connectivity index (χ3n) is 4.23. The molecule has 0 aliphatic carbocycles. The van der Waals surface area contributed by atoms with Gasteiger partial charge in [-0.2, -0.15) is 5.10 Å². The average Bonchev–Trinajstić information content (AvgIpc) is 3.23. The van der Waals surface area contributed by atoms with Gasteiger partial charge in [-0.05, 0) is 30.9 Å². The van der Waals surface area contributed by atoms with Crippen molar-refractivity contribution in [2.75, 3.05) is 5.75 Å². The number of carbonyl (C=O) groups is 1. The van der Waals surface area contributed by atoms with E-state index in [1.807, 2.05) is 35.9 Å². The molecule has 3 rings (SSSR count). The Morgan fingerprint density at radius 3 is 2.73 bits per heavy atom. The van der Waals surface area contributed by atoms with Crippen molar-refractivity contribution in [2.24, 2.45) is 0 Å². The molecule has 1 amide bonds. The van der Waals surface area contributed by atoms with Crippen LogP contribution < -0.4 is 5.32 Å². The number of rotatable bonds is 8. The van der Waals surface area contributed by atoms with Crippen LogP contribution >= 0.6 is 23.1 Å². The standard InChI is InChI=1S/C20H23N3OS2/c1-15-19(11-21-20(24)14-25-13-18-9-6-10-26-18)16(2)23(22-15)12-17-7-4-3-5-8-17/h3-10H,11-14H2,1-2H3,(H,21,24). The first-order valence-electron chi connectivity index (χ1n) is 8.57. The van der Waals surface area contributed by atoms with Crippen LogP contribution in [0, 0.1) is 13.8 Å². The lowest BCUT2D eigenvalue weighted by Gasteiger charge is -2.07. The summed E-state index contributed by atoms with van der Waals surface area (Å²) in [5, 5.41) is 9.73. The van der Waals surface area contributed by atoms with E-state index in [0.717, 1.165) is 29.2 Å². The van der Waals surface area contributed by atoms with Gasteiger partial charge in [-0.3, -0.25) is 9.48 Å². The molecule has 26 heavy (non-hydrogen) atoms. The molecule has 0 radical (unpaired) electrons. The predicted octanol–water partition coefficient (Wildman–Crippen LogP) is 4.16. The molecule has 1 N–H and O–H groups in total. The SMILES string of the molecule is Cc1nn(Cc2ccccc2)c(C)c1CNC(=O)CSCc1cccs1. The van der Waals surface area contributed by atoms with Gasteiger partial charge in [0.1, 0.15) is 0 Å². The monoisotopic (exact) mass is 385 g/mol. The van der Waals surface area contributed by atoms with Gasteiger partial charge < -0.3 is 5.32 Å². The van der Waals surface area contributed by atoms with E-state index >= 15 is 0 Å². The summed E-state index contributed by atoms with van der Waals surface area (Å²) in [6.45, 7) is 5.35. The molecular weight excluding hydrogens is 362 g/mol. The van der Waals surface area contributed by atoms with Crippen molar-refractivity contribution >= 4 is 29.0 Å². The first-order valence-corrected chi connectivity index (χ1v) is 10.6. The van der Waals surface area contributed by atoms with Crippen LogP contribution in [0.3, 0.4) is 0 Å². The Labute approximate surface area is 162 Å². The number of hydrogen-bond donors (Lipinski definition) is 1. The van der Waals surface area contributed by atoms with Crippen LogP contribution in [0.25, 0.3) is 0 Å². The molecule has 0 bridgehead atoms. The van der Waals surface area contributed by atoms with E-state index in [9.17, 15) is 4.79 Å². The highest BCUT2D eigenvalue weighted by Crippen LogP contribution is 2.17. The summed E-state index contributed by atoms with van der Waals surface area (Å²) in [5.74, 6) is 1.44. The first-order chi connectivity index (χ1) is 12.6. The quantitative estimate of drug-likeness (QED) is 0.633. The second kappa shape index (κ2) is 9.05. The van der Waals surface area contributed by atoms with Crippen molar-refractivity contribution in [3.8, 4) is 0 Å². The van der Waals surface area contributed by atoms with Gasteiger partial charge in [-0.25, -0.2) is 0 Å². The number of thioether (sulfide) groups is 1. The lowest BCUT2D eigenvalue weighted by Crippen LogP contribution is -2.25. The van der Waals surface area contributed by atoms with Crippen LogP contribution in [0.5, 0.6) is 0 Å². The van der Waals surface area contributed by atoms with E-state index in [-0.39, 0.29) is 5.91 Å². The van der Waals surface area contributed by atoms with Gasteiger partial charge >= 0.3 is 0 Å². The maximum absolute atomic E-state index is 12.1. The minimum Gasteiger partial charge on any atom is -0.351 e. The van der Waals surface area contributed by atoms with Crippen LogP contribution in [-0.4, -0.2) is 21.4 Å². The number of aryl methyl sites for hydroxylation is 1. The molecule has 0 atom stereocenters. The average molecular weight is 386 g/mol. The van der Waals surface area contributed by atoms with E-state index < -0.39 is 0 Å². The number of hydrogen-bond acceptors (Lipinski definition) is 4.